The molecule has 4 aliphatic heterocycles. The first-order chi connectivity index (χ1) is 30.7. The van der Waals surface area contributed by atoms with Gasteiger partial charge in [-0.2, -0.15) is 0 Å². The highest BCUT2D eigenvalue weighted by atomic mass is 16.8. The average molecular weight is 954 g/mol. The lowest BCUT2D eigenvalue weighted by molar-refractivity contribution is -0.376. The van der Waals surface area contributed by atoms with E-state index < -0.39 is 204 Å². The maximum Gasteiger partial charge on any atom is 0.217 e. The first-order valence-electron chi connectivity index (χ1n) is 20.5. The zero-order valence-electron chi connectivity index (χ0n) is 35.3. The molecule has 0 radical (unpaired) electrons. The third-order valence-corrected chi connectivity index (χ3v) is 11.2. The molecule has 0 aliphatic carbocycles. The van der Waals surface area contributed by atoms with Crippen LogP contribution >= 0.6 is 0 Å². The Bertz CT molecular complexity index is 1510. The summed E-state index contributed by atoms with van der Waals surface area (Å²) in [6.07, 6.45) is -39.3. The Kier molecular flexibility index (Phi) is 20.9. The molecule has 0 aromatic heterocycles. The van der Waals surface area contributed by atoms with Crippen molar-refractivity contribution in [2.75, 3.05) is 39.6 Å². The van der Waals surface area contributed by atoms with Crippen molar-refractivity contribution in [3.63, 3.8) is 0 Å². The number of aliphatic hydroxyl groups is 15. The second-order valence-corrected chi connectivity index (χ2v) is 15.9. The van der Waals surface area contributed by atoms with E-state index in [2.05, 4.69) is 16.0 Å². The second kappa shape index (κ2) is 24.7. The fraction of sp³-hybridized carbons (Fsp3) is 0.917. The molecule has 6 unspecified atom stereocenters. The van der Waals surface area contributed by atoms with E-state index in [1.807, 2.05) is 0 Å². The number of aliphatic hydroxyl groups excluding tert-OH is 15. The number of ether oxygens (including phenoxy) is 8. The topological polar surface area (TPSA) is 465 Å². The lowest BCUT2D eigenvalue weighted by Crippen LogP contribution is -2.70. The highest BCUT2D eigenvalue weighted by Crippen LogP contribution is 2.35. The van der Waals surface area contributed by atoms with Crippen LogP contribution in [0.5, 0.6) is 0 Å². The monoisotopic (exact) mass is 953 g/mol. The molecule has 4 heterocycles. The molecular weight excluding hydrogens is 890 g/mol. The first-order valence-corrected chi connectivity index (χ1v) is 20.5. The van der Waals surface area contributed by atoms with Gasteiger partial charge in [-0.15, -0.1) is 0 Å². The minimum Gasteiger partial charge on any atom is -0.394 e. The van der Waals surface area contributed by atoms with E-state index in [4.69, 9.17) is 37.9 Å². The Balaban J connectivity index is 1.60. The number of nitrogens with one attached hydrogen (secondary N) is 3. The van der Waals surface area contributed by atoms with Crippen molar-refractivity contribution in [1.82, 2.24) is 16.0 Å². The summed E-state index contributed by atoms with van der Waals surface area (Å²) in [5.41, 5.74) is 0. The predicted molar refractivity (Wildman–Crippen MR) is 204 cm³/mol. The summed E-state index contributed by atoms with van der Waals surface area (Å²) in [6, 6.07) is -4.91. The van der Waals surface area contributed by atoms with Crippen LogP contribution in [0.15, 0.2) is 0 Å². The van der Waals surface area contributed by atoms with Gasteiger partial charge in [0.25, 0.3) is 0 Å². The third-order valence-electron chi connectivity index (χ3n) is 11.2. The van der Waals surface area contributed by atoms with Gasteiger partial charge in [0.1, 0.15) is 116 Å². The van der Waals surface area contributed by atoms with Gasteiger partial charge in [0.05, 0.1) is 45.7 Å². The van der Waals surface area contributed by atoms with Gasteiger partial charge in [-0.05, 0) is 0 Å². The fourth-order valence-corrected chi connectivity index (χ4v) is 7.84. The van der Waals surface area contributed by atoms with Gasteiger partial charge in [0.2, 0.25) is 17.7 Å². The molecule has 65 heavy (non-hydrogen) atoms. The fourth-order valence-electron chi connectivity index (χ4n) is 7.84. The van der Waals surface area contributed by atoms with E-state index in [1.54, 1.807) is 0 Å². The van der Waals surface area contributed by atoms with Gasteiger partial charge in [0, 0.05) is 20.8 Å². The van der Waals surface area contributed by atoms with Crippen molar-refractivity contribution >= 4 is 17.7 Å². The molecule has 29 nitrogen and oxygen atoms in total. The minimum absolute atomic E-state index is 0.742. The van der Waals surface area contributed by atoms with E-state index in [0.29, 0.717) is 0 Å². The molecule has 0 saturated carbocycles. The Hall–Kier alpha value is -2.51. The number of hydrogen-bond donors (Lipinski definition) is 18. The standard InChI is InChI=1S/C36H63N3O26/c1-10(46)37-13(4-40)29(21(50)14(49)5-41)62-34-20(39-12(3)48)32(23(52)16(7-43)58-34)65-36-28(57)26(55)31(18(9-45)61-36)63-33-19(38-11(2)47)24(53)30(17(8-44)60-33)64-35-27(56)25(54)22(51)15(6-42)59-35/h13-36,40-45,49-57H,4-9H2,1-3H3,(H,37,46)(H,38,47)(H,39,48)/t13-,14+,15+,16+,17?,18+,19?,20+,21-,22-,23-,24?,25-,26+,27+,28+,29+,30?,31-,32+,33?,34+,35-,36?/m0/s1. The smallest absolute Gasteiger partial charge is 0.217 e. The first kappa shape index (κ1) is 55.1. The van der Waals surface area contributed by atoms with E-state index in [9.17, 15) is 91.0 Å². The van der Waals surface area contributed by atoms with Gasteiger partial charge < -0.3 is 130 Å². The molecule has 0 aromatic rings. The lowest BCUT2D eigenvalue weighted by atomic mass is 9.94. The summed E-state index contributed by atoms with van der Waals surface area (Å²) in [7, 11) is 0. The highest BCUT2D eigenvalue weighted by Gasteiger charge is 2.56. The molecule has 18 N–H and O–H groups in total. The van der Waals surface area contributed by atoms with Crippen LogP contribution in [0.25, 0.3) is 0 Å². The zero-order chi connectivity index (χ0) is 48.6. The zero-order valence-corrected chi connectivity index (χ0v) is 35.3. The van der Waals surface area contributed by atoms with Crippen LogP contribution in [0, 0.1) is 0 Å². The van der Waals surface area contributed by atoms with Crippen molar-refractivity contribution in [3.8, 4) is 0 Å². The van der Waals surface area contributed by atoms with Crippen molar-refractivity contribution in [3.05, 3.63) is 0 Å². The second-order valence-electron chi connectivity index (χ2n) is 15.9. The summed E-state index contributed by atoms with van der Waals surface area (Å²) in [5, 5.41) is 165. The molecule has 4 rings (SSSR count). The summed E-state index contributed by atoms with van der Waals surface area (Å²) < 4.78 is 46.0. The molecule has 378 valence electrons. The lowest BCUT2D eigenvalue weighted by Gasteiger charge is -2.50. The molecule has 0 aromatic carbocycles. The third kappa shape index (κ3) is 13.0. The van der Waals surface area contributed by atoms with Crippen LogP contribution in [0.4, 0.5) is 0 Å². The molecule has 4 saturated heterocycles. The maximum absolute atomic E-state index is 12.5. The SMILES string of the molecule is CC(=O)NC1C(O[C@@H]2[C@H](O)[C@@H](O)C(O[C@H]3[C@@H](O)[C@@H](CO)O[C@H](O[C@@H]([C@@H](O)[C@H](O)CO)[C@H](CO)NC(C)=O)[C@@H]3NC(C)=O)O[C@@H]2CO)OC(CO)C(O[C@@H]2O[C@H](CO)[C@H](O)[C@H](O)[C@H]2O)C1O. The van der Waals surface area contributed by atoms with Crippen molar-refractivity contribution < 1.29 is 129 Å². The van der Waals surface area contributed by atoms with Crippen LogP contribution in [-0.4, -0.2) is 281 Å². The molecule has 4 aliphatic rings. The molecule has 29 heteroatoms. The van der Waals surface area contributed by atoms with Gasteiger partial charge in [-0.25, -0.2) is 0 Å². The van der Waals surface area contributed by atoms with Crippen molar-refractivity contribution in [2.45, 2.75) is 168 Å². The predicted octanol–water partition coefficient (Wildman–Crippen LogP) is -11.9. The number of carbonyl (C=O) groups excluding carboxylic acids is 3. The van der Waals surface area contributed by atoms with E-state index >= 15 is 0 Å². The van der Waals surface area contributed by atoms with Crippen molar-refractivity contribution in [1.29, 1.82) is 0 Å². The van der Waals surface area contributed by atoms with Gasteiger partial charge in [0.15, 0.2) is 25.2 Å². The van der Waals surface area contributed by atoms with Crippen LogP contribution < -0.4 is 16.0 Å². The van der Waals surface area contributed by atoms with Gasteiger partial charge in [-0.1, -0.05) is 0 Å². The van der Waals surface area contributed by atoms with Crippen LogP contribution in [0.2, 0.25) is 0 Å². The minimum atomic E-state index is -2.21. The Labute approximate surface area is 369 Å². The largest absolute Gasteiger partial charge is 0.394 e. The summed E-state index contributed by atoms with van der Waals surface area (Å²) >= 11 is 0. The van der Waals surface area contributed by atoms with Crippen LogP contribution in [0.3, 0.4) is 0 Å². The summed E-state index contributed by atoms with van der Waals surface area (Å²) in [5.74, 6) is -2.37. The van der Waals surface area contributed by atoms with Gasteiger partial charge >= 0.3 is 0 Å². The molecule has 4 fully saturated rings. The van der Waals surface area contributed by atoms with E-state index in [0.717, 1.165) is 20.8 Å². The van der Waals surface area contributed by atoms with Gasteiger partial charge in [-0.3, -0.25) is 14.4 Å². The molecule has 0 spiro atoms. The van der Waals surface area contributed by atoms with Crippen LogP contribution in [-0.2, 0) is 52.3 Å². The number of carbonyl (C=O) groups is 3. The number of hydrogen-bond acceptors (Lipinski definition) is 26. The quantitative estimate of drug-likeness (QED) is 0.0539. The molecular formula is C36H63N3O26. The molecule has 0 bridgehead atoms. The Morgan fingerprint density at radius 1 is 0.492 bits per heavy atom. The number of rotatable bonds is 20. The highest BCUT2D eigenvalue weighted by molar-refractivity contribution is 5.74. The molecule has 3 amide bonds. The molecule has 24 atom stereocenters. The Morgan fingerprint density at radius 2 is 0.938 bits per heavy atom. The summed E-state index contributed by atoms with van der Waals surface area (Å²) in [4.78, 5) is 36.8. The summed E-state index contributed by atoms with van der Waals surface area (Å²) in [6.45, 7) is -2.69. The maximum atomic E-state index is 12.5. The average Bonchev–Trinajstić information content (AvgIpc) is 3.27. The Morgan fingerprint density at radius 3 is 1.45 bits per heavy atom. The van der Waals surface area contributed by atoms with E-state index in [-0.39, 0.29) is 0 Å². The van der Waals surface area contributed by atoms with E-state index in [1.165, 1.54) is 0 Å². The van der Waals surface area contributed by atoms with Crippen LogP contribution in [0.1, 0.15) is 20.8 Å². The number of amides is 3. The van der Waals surface area contributed by atoms with Crippen molar-refractivity contribution in [2.24, 2.45) is 0 Å². The normalized spacial score (nSPS) is 42.0.